The number of hydrogen-bond donors (Lipinski definition) is 1. The van der Waals surface area contributed by atoms with Crippen LogP contribution in [0.2, 0.25) is 5.02 Å². The lowest BCUT2D eigenvalue weighted by molar-refractivity contribution is 0.0546. The van der Waals surface area contributed by atoms with E-state index in [9.17, 15) is 4.39 Å². The smallest absolute Gasteiger partial charge is 0.141 e. The van der Waals surface area contributed by atoms with Crippen LogP contribution in [-0.4, -0.2) is 29.6 Å². The quantitative estimate of drug-likeness (QED) is 0.890. The number of benzene rings is 1. The molecule has 21 heavy (non-hydrogen) atoms. The number of likely N-dealkylation sites (tertiary alicyclic amines) is 1. The molecule has 2 unspecified atom stereocenters. The number of hydrogen-bond acceptors (Lipinski definition) is 2. The summed E-state index contributed by atoms with van der Waals surface area (Å²) in [6.07, 6.45) is 5.57. The van der Waals surface area contributed by atoms with E-state index in [0.717, 1.165) is 31.5 Å². The molecule has 118 valence electrons. The zero-order chi connectivity index (χ0) is 15.5. The van der Waals surface area contributed by atoms with Crippen molar-refractivity contribution in [2.75, 3.05) is 13.1 Å². The van der Waals surface area contributed by atoms with E-state index in [4.69, 9.17) is 17.3 Å². The second-order valence-corrected chi connectivity index (χ2v) is 6.72. The summed E-state index contributed by atoms with van der Waals surface area (Å²) in [5.41, 5.74) is 7.53. The molecule has 1 aliphatic rings. The van der Waals surface area contributed by atoms with Crippen LogP contribution in [0.4, 0.5) is 4.39 Å². The summed E-state index contributed by atoms with van der Waals surface area (Å²) in [6, 6.07) is 4.92. The van der Waals surface area contributed by atoms with Crippen LogP contribution in [0.25, 0.3) is 0 Å². The van der Waals surface area contributed by atoms with Gasteiger partial charge in [-0.25, -0.2) is 4.39 Å². The Bertz CT molecular complexity index is 474. The van der Waals surface area contributed by atoms with E-state index >= 15 is 0 Å². The lowest BCUT2D eigenvalue weighted by Gasteiger charge is -2.47. The second kappa shape index (κ2) is 7.08. The van der Waals surface area contributed by atoms with E-state index in [1.807, 2.05) is 0 Å². The van der Waals surface area contributed by atoms with Crippen molar-refractivity contribution in [3.8, 4) is 0 Å². The normalized spacial score (nSPS) is 21.0. The maximum Gasteiger partial charge on any atom is 0.141 e. The van der Waals surface area contributed by atoms with Crippen molar-refractivity contribution >= 4 is 11.6 Å². The van der Waals surface area contributed by atoms with Crippen molar-refractivity contribution in [1.29, 1.82) is 0 Å². The molecule has 0 aromatic heterocycles. The van der Waals surface area contributed by atoms with Gasteiger partial charge in [0.15, 0.2) is 0 Å². The molecule has 1 aromatic rings. The van der Waals surface area contributed by atoms with Crippen molar-refractivity contribution in [2.45, 2.75) is 57.5 Å². The number of halogens is 2. The summed E-state index contributed by atoms with van der Waals surface area (Å²) >= 11 is 5.87. The summed E-state index contributed by atoms with van der Waals surface area (Å²) < 4.78 is 13.3. The third-order valence-corrected chi connectivity index (χ3v) is 5.32. The summed E-state index contributed by atoms with van der Waals surface area (Å²) in [6.45, 7) is 6.71. The highest BCUT2D eigenvalue weighted by Gasteiger charge is 2.36. The van der Waals surface area contributed by atoms with Crippen LogP contribution in [0.3, 0.4) is 0 Å². The van der Waals surface area contributed by atoms with E-state index in [1.165, 1.54) is 25.3 Å². The molecule has 2 N–H and O–H groups in total. The van der Waals surface area contributed by atoms with Crippen LogP contribution >= 0.6 is 11.6 Å². The molecule has 1 heterocycles. The van der Waals surface area contributed by atoms with Gasteiger partial charge < -0.3 is 5.73 Å². The largest absolute Gasteiger partial charge is 0.326 e. The fourth-order valence-electron chi connectivity index (χ4n) is 3.27. The molecule has 0 radical (unpaired) electrons. The molecule has 1 fully saturated rings. The van der Waals surface area contributed by atoms with E-state index in [1.54, 1.807) is 12.1 Å². The Labute approximate surface area is 132 Å². The van der Waals surface area contributed by atoms with Gasteiger partial charge in [-0.15, -0.1) is 0 Å². The Kier molecular flexibility index (Phi) is 5.64. The first kappa shape index (κ1) is 16.7. The Morgan fingerprint density at radius 1 is 1.33 bits per heavy atom. The fourth-order valence-corrected chi connectivity index (χ4v) is 3.47. The molecule has 0 saturated carbocycles. The molecule has 1 aliphatic heterocycles. The molecular weight excluding hydrogens is 287 g/mol. The van der Waals surface area contributed by atoms with Crippen LogP contribution in [0, 0.1) is 5.82 Å². The first-order valence-electron chi connectivity index (χ1n) is 7.92. The Balaban J connectivity index is 2.11. The molecule has 1 aromatic carbocycles. The molecule has 0 spiro atoms. The summed E-state index contributed by atoms with van der Waals surface area (Å²) in [7, 11) is 0. The summed E-state index contributed by atoms with van der Waals surface area (Å²) in [5, 5.41) is 0.177. The van der Waals surface area contributed by atoms with Gasteiger partial charge >= 0.3 is 0 Å². The third kappa shape index (κ3) is 3.77. The van der Waals surface area contributed by atoms with Crippen molar-refractivity contribution in [3.63, 3.8) is 0 Å². The maximum absolute atomic E-state index is 13.3. The van der Waals surface area contributed by atoms with E-state index in [0.29, 0.717) is 0 Å². The lowest BCUT2D eigenvalue weighted by atomic mass is 9.83. The monoisotopic (exact) mass is 312 g/mol. The molecule has 0 amide bonds. The predicted molar refractivity (Wildman–Crippen MR) is 87.2 cm³/mol. The molecule has 2 rings (SSSR count). The standard InChI is InChI=1S/C17H26ClFN2/c1-3-17(2,21-9-5-4-6-10-21)16(20)12-13-7-8-15(19)14(18)11-13/h7-8,11,16H,3-6,9-10,12,20H2,1-2H3. The van der Waals surface area contributed by atoms with Gasteiger partial charge in [0.25, 0.3) is 0 Å². The number of nitrogens with zero attached hydrogens (tertiary/aromatic N) is 1. The van der Waals surface area contributed by atoms with Gasteiger partial charge in [0, 0.05) is 11.6 Å². The van der Waals surface area contributed by atoms with Crippen LogP contribution in [0.1, 0.15) is 45.1 Å². The number of nitrogens with two attached hydrogens (primary N) is 1. The van der Waals surface area contributed by atoms with Gasteiger partial charge in [0.2, 0.25) is 0 Å². The Morgan fingerprint density at radius 2 is 2.00 bits per heavy atom. The van der Waals surface area contributed by atoms with Gasteiger partial charge in [-0.05, 0) is 63.4 Å². The first-order chi connectivity index (χ1) is 9.97. The highest BCUT2D eigenvalue weighted by molar-refractivity contribution is 6.30. The van der Waals surface area contributed by atoms with Gasteiger partial charge in [0.05, 0.1) is 5.02 Å². The average Bonchev–Trinajstić information content (AvgIpc) is 2.51. The van der Waals surface area contributed by atoms with E-state index < -0.39 is 0 Å². The number of rotatable bonds is 5. The summed E-state index contributed by atoms with van der Waals surface area (Å²) in [5.74, 6) is -0.372. The van der Waals surface area contributed by atoms with Crippen molar-refractivity contribution in [1.82, 2.24) is 4.90 Å². The SMILES string of the molecule is CCC(C)(C(N)Cc1ccc(F)c(Cl)c1)N1CCCCC1. The molecule has 2 nitrogen and oxygen atoms in total. The lowest BCUT2D eigenvalue weighted by Crippen LogP contribution is -2.59. The van der Waals surface area contributed by atoms with Gasteiger partial charge in [-0.1, -0.05) is 31.0 Å². The molecule has 0 bridgehead atoms. The van der Waals surface area contributed by atoms with Crippen LogP contribution in [-0.2, 0) is 6.42 Å². The maximum atomic E-state index is 13.3. The molecule has 4 heteroatoms. The summed E-state index contributed by atoms with van der Waals surface area (Å²) in [4.78, 5) is 2.53. The van der Waals surface area contributed by atoms with Gasteiger partial charge in [-0.3, -0.25) is 4.90 Å². The zero-order valence-corrected chi connectivity index (χ0v) is 13.8. The van der Waals surface area contributed by atoms with Crippen molar-refractivity contribution < 1.29 is 4.39 Å². The second-order valence-electron chi connectivity index (χ2n) is 6.32. The van der Waals surface area contributed by atoms with Crippen LogP contribution in [0.15, 0.2) is 18.2 Å². The van der Waals surface area contributed by atoms with Gasteiger partial charge in [0.1, 0.15) is 5.82 Å². The average molecular weight is 313 g/mol. The topological polar surface area (TPSA) is 29.3 Å². The van der Waals surface area contributed by atoms with Crippen molar-refractivity contribution in [2.24, 2.45) is 5.73 Å². The minimum Gasteiger partial charge on any atom is -0.326 e. The third-order valence-electron chi connectivity index (χ3n) is 5.03. The first-order valence-corrected chi connectivity index (χ1v) is 8.29. The van der Waals surface area contributed by atoms with Crippen LogP contribution in [0.5, 0.6) is 0 Å². The highest BCUT2D eigenvalue weighted by Crippen LogP contribution is 2.28. The van der Waals surface area contributed by atoms with Crippen molar-refractivity contribution in [3.05, 3.63) is 34.6 Å². The van der Waals surface area contributed by atoms with Crippen LogP contribution < -0.4 is 5.73 Å². The van der Waals surface area contributed by atoms with Gasteiger partial charge in [-0.2, -0.15) is 0 Å². The van der Waals surface area contributed by atoms with E-state index in [-0.39, 0.29) is 22.4 Å². The Hall–Kier alpha value is -0.640. The predicted octanol–water partition coefficient (Wildman–Crippen LogP) is 4.00. The highest BCUT2D eigenvalue weighted by atomic mass is 35.5. The number of piperidine rings is 1. The fraction of sp³-hybridized carbons (Fsp3) is 0.647. The minimum atomic E-state index is -0.372. The molecule has 0 aliphatic carbocycles. The zero-order valence-electron chi connectivity index (χ0n) is 13.0. The Morgan fingerprint density at radius 3 is 2.57 bits per heavy atom. The molecular formula is C17H26ClFN2. The minimum absolute atomic E-state index is 0.0126. The van der Waals surface area contributed by atoms with E-state index in [2.05, 4.69) is 18.7 Å². The molecule has 1 saturated heterocycles. The molecule has 2 atom stereocenters.